The van der Waals surface area contributed by atoms with Gasteiger partial charge in [0.25, 0.3) is 0 Å². The third-order valence-electron chi connectivity index (χ3n) is 6.16. The van der Waals surface area contributed by atoms with Crippen LogP contribution in [0.1, 0.15) is 18.4 Å². The zero-order valence-electron chi connectivity index (χ0n) is 17.8. The summed E-state index contributed by atoms with van der Waals surface area (Å²) in [5.74, 6) is 0.0652. The topological polar surface area (TPSA) is 67.2 Å². The van der Waals surface area contributed by atoms with Crippen molar-refractivity contribution in [2.45, 2.75) is 25.8 Å². The molecule has 1 aliphatic heterocycles. The fourth-order valence-corrected chi connectivity index (χ4v) is 4.50. The molecular weight excluding hydrogens is 388 g/mol. The van der Waals surface area contributed by atoms with Gasteiger partial charge in [0.05, 0.1) is 5.41 Å². The number of carbonyl (C=O) groups is 2. The zero-order chi connectivity index (χ0) is 21.7. The van der Waals surface area contributed by atoms with Gasteiger partial charge in [0.1, 0.15) is 0 Å². The number of likely N-dealkylation sites (tertiary alicyclic amines) is 1. The van der Waals surface area contributed by atoms with Gasteiger partial charge in [0, 0.05) is 45.5 Å². The highest BCUT2D eigenvalue weighted by Crippen LogP contribution is 2.37. The van der Waals surface area contributed by atoms with Crippen molar-refractivity contribution in [3.63, 3.8) is 0 Å². The Bertz CT molecular complexity index is 1030. The summed E-state index contributed by atoms with van der Waals surface area (Å²) >= 11 is 0. The van der Waals surface area contributed by atoms with Gasteiger partial charge in [-0.25, -0.2) is 0 Å². The van der Waals surface area contributed by atoms with E-state index in [0.29, 0.717) is 38.9 Å². The summed E-state index contributed by atoms with van der Waals surface area (Å²) in [6, 6.07) is 20.3. The Labute approximate surface area is 182 Å². The standard InChI is InChI=1S/C25H28N4O2/c1-26-24(31)25(13-17-28(19-25)23(30)12-16-29-15-7-14-27-29)18-21-10-5-6-11-22(21)20-8-3-2-4-9-20/h2-11,14-15H,12-13,16-19H2,1H3,(H,26,31)/t25-/m1/s1. The summed E-state index contributed by atoms with van der Waals surface area (Å²) in [5.41, 5.74) is 2.77. The van der Waals surface area contributed by atoms with E-state index in [0.717, 1.165) is 16.7 Å². The molecule has 0 spiro atoms. The van der Waals surface area contributed by atoms with Crippen LogP contribution in [0.5, 0.6) is 0 Å². The maximum Gasteiger partial charge on any atom is 0.228 e. The second-order valence-electron chi connectivity index (χ2n) is 8.14. The molecule has 0 aliphatic carbocycles. The lowest BCUT2D eigenvalue weighted by atomic mass is 9.78. The van der Waals surface area contributed by atoms with Gasteiger partial charge in [0.2, 0.25) is 11.8 Å². The molecule has 0 unspecified atom stereocenters. The summed E-state index contributed by atoms with van der Waals surface area (Å²) in [6.07, 6.45) is 5.20. The van der Waals surface area contributed by atoms with Crippen LogP contribution in [0.4, 0.5) is 0 Å². The van der Waals surface area contributed by atoms with Crippen molar-refractivity contribution < 1.29 is 9.59 Å². The van der Waals surface area contributed by atoms with E-state index in [9.17, 15) is 9.59 Å². The predicted octanol–water partition coefficient (Wildman–Crippen LogP) is 3.15. The highest BCUT2D eigenvalue weighted by Gasteiger charge is 2.45. The molecule has 1 aliphatic rings. The molecule has 2 amide bonds. The van der Waals surface area contributed by atoms with E-state index < -0.39 is 5.41 Å². The Morgan fingerprint density at radius 1 is 1.06 bits per heavy atom. The van der Waals surface area contributed by atoms with Gasteiger partial charge in [-0.2, -0.15) is 5.10 Å². The Morgan fingerprint density at radius 3 is 2.58 bits per heavy atom. The number of rotatable bonds is 7. The van der Waals surface area contributed by atoms with Crippen LogP contribution in [0.2, 0.25) is 0 Å². The fraction of sp³-hybridized carbons (Fsp3) is 0.320. The van der Waals surface area contributed by atoms with Gasteiger partial charge in [-0.05, 0) is 35.6 Å². The van der Waals surface area contributed by atoms with Gasteiger partial charge in [-0.1, -0.05) is 54.6 Å². The Hall–Kier alpha value is -3.41. The molecule has 1 N–H and O–H groups in total. The minimum atomic E-state index is -0.624. The maximum atomic E-state index is 13.0. The van der Waals surface area contributed by atoms with E-state index in [1.807, 2.05) is 47.5 Å². The predicted molar refractivity (Wildman–Crippen MR) is 120 cm³/mol. The van der Waals surface area contributed by atoms with Crippen LogP contribution in [0, 0.1) is 5.41 Å². The summed E-state index contributed by atoms with van der Waals surface area (Å²) in [5, 5.41) is 7.01. The van der Waals surface area contributed by atoms with Crippen molar-refractivity contribution in [3.8, 4) is 11.1 Å². The Balaban J connectivity index is 1.54. The van der Waals surface area contributed by atoms with Crippen molar-refractivity contribution in [2.24, 2.45) is 5.41 Å². The van der Waals surface area contributed by atoms with Crippen LogP contribution in [0.3, 0.4) is 0 Å². The van der Waals surface area contributed by atoms with Gasteiger partial charge in [0.15, 0.2) is 0 Å². The molecule has 3 aromatic rings. The number of hydrogen-bond donors (Lipinski definition) is 1. The number of carbonyl (C=O) groups excluding carboxylic acids is 2. The molecule has 31 heavy (non-hydrogen) atoms. The van der Waals surface area contributed by atoms with Crippen LogP contribution < -0.4 is 5.32 Å². The molecule has 6 nitrogen and oxygen atoms in total. The maximum absolute atomic E-state index is 13.0. The van der Waals surface area contributed by atoms with Crippen LogP contribution in [-0.4, -0.2) is 46.6 Å². The molecule has 4 rings (SSSR count). The van der Waals surface area contributed by atoms with Gasteiger partial charge < -0.3 is 10.2 Å². The molecule has 1 saturated heterocycles. The van der Waals surface area contributed by atoms with Crippen molar-refractivity contribution in [3.05, 3.63) is 78.6 Å². The summed E-state index contributed by atoms with van der Waals surface area (Å²) in [6.45, 7) is 1.58. The molecule has 6 heteroatoms. The fourth-order valence-electron chi connectivity index (χ4n) is 4.50. The smallest absolute Gasteiger partial charge is 0.228 e. The van der Waals surface area contributed by atoms with Crippen LogP contribution in [-0.2, 0) is 22.6 Å². The lowest BCUT2D eigenvalue weighted by molar-refractivity contribution is -0.133. The summed E-state index contributed by atoms with van der Waals surface area (Å²) in [4.78, 5) is 27.7. The highest BCUT2D eigenvalue weighted by molar-refractivity contribution is 5.86. The molecule has 0 bridgehead atoms. The minimum Gasteiger partial charge on any atom is -0.359 e. The van der Waals surface area contributed by atoms with E-state index in [2.05, 4.69) is 34.7 Å². The quantitative estimate of drug-likeness (QED) is 0.643. The molecule has 2 heterocycles. The monoisotopic (exact) mass is 416 g/mol. The molecule has 1 aromatic heterocycles. The van der Waals surface area contributed by atoms with Gasteiger partial charge in [-0.3, -0.25) is 14.3 Å². The van der Waals surface area contributed by atoms with Crippen molar-refractivity contribution in [1.29, 1.82) is 0 Å². The van der Waals surface area contributed by atoms with Gasteiger partial charge >= 0.3 is 0 Å². The van der Waals surface area contributed by atoms with E-state index in [-0.39, 0.29) is 11.8 Å². The third kappa shape index (κ3) is 4.53. The number of hydrogen-bond acceptors (Lipinski definition) is 3. The van der Waals surface area contributed by atoms with Crippen LogP contribution >= 0.6 is 0 Å². The van der Waals surface area contributed by atoms with Crippen molar-refractivity contribution in [1.82, 2.24) is 20.0 Å². The summed E-state index contributed by atoms with van der Waals surface area (Å²) in [7, 11) is 1.68. The van der Waals surface area contributed by atoms with E-state index in [1.165, 1.54) is 0 Å². The first-order valence-electron chi connectivity index (χ1n) is 10.7. The lowest BCUT2D eigenvalue weighted by Crippen LogP contribution is -2.44. The zero-order valence-corrected chi connectivity index (χ0v) is 17.8. The lowest BCUT2D eigenvalue weighted by Gasteiger charge is -2.28. The molecule has 2 aromatic carbocycles. The van der Waals surface area contributed by atoms with Crippen LogP contribution in [0.15, 0.2) is 73.1 Å². The number of nitrogens with one attached hydrogen (secondary N) is 1. The van der Waals surface area contributed by atoms with Crippen molar-refractivity contribution in [2.75, 3.05) is 20.1 Å². The number of amides is 2. The van der Waals surface area contributed by atoms with Crippen LogP contribution in [0.25, 0.3) is 11.1 Å². The molecule has 1 fully saturated rings. The SMILES string of the molecule is CNC(=O)[C@@]1(Cc2ccccc2-c2ccccc2)CCN(C(=O)CCn2cccn2)C1. The molecule has 0 saturated carbocycles. The molecule has 160 valence electrons. The molecular formula is C25H28N4O2. The third-order valence-corrected chi connectivity index (χ3v) is 6.16. The Morgan fingerprint density at radius 2 is 1.84 bits per heavy atom. The first-order chi connectivity index (χ1) is 15.1. The van der Waals surface area contributed by atoms with Crippen molar-refractivity contribution >= 4 is 11.8 Å². The largest absolute Gasteiger partial charge is 0.359 e. The highest BCUT2D eigenvalue weighted by atomic mass is 16.2. The molecule has 0 radical (unpaired) electrons. The number of nitrogens with zero attached hydrogens (tertiary/aromatic N) is 3. The van der Waals surface area contributed by atoms with E-state index in [1.54, 1.807) is 17.9 Å². The second-order valence-corrected chi connectivity index (χ2v) is 8.14. The average molecular weight is 417 g/mol. The van der Waals surface area contributed by atoms with Gasteiger partial charge in [-0.15, -0.1) is 0 Å². The number of aromatic nitrogens is 2. The number of benzene rings is 2. The Kier molecular flexibility index (Phi) is 6.16. The minimum absolute atomic E-state index is 0.00209. The van der Waals surface area contributed by atoms with E-state index in [4.69, 9.17) is 0 Å². The second kappa shape index (κ2) is 9.16. The normalized spacial score (nSPS) is 18.2. The first kappa shape index (κ1) is 20.8. The average Bonchev–Trinajstić information content (AvgIpc) is 3.49. The number of aryl methyl sites for hydroxylation is 1. The summed E-state index contributed by atoms with van der Waals surface area (Å²) < 4.78 is 1.76. The first-order valence-corrected chi connectivity index (χ1v) is 10.7. The van der Waals surface area contributed by atoms with E-state index >= 15 is 0 Å². The molecule has 1 atom stereocenters.